The monoisotopic (exact) mass is 393 g/mol. The molecule has 0 N–H and O–H groups in total. The molecule has 6 heteroatoms. The van der Waals surface area contributed by atoms with Crippen LogP contribution in [0.4, 0.5) is 0 Å². The Balaban J connectivity index is 2.20. The van der Waals surface area contributed by atoms with Crippen LogP contribution in [-0.4, -0.2) is 26.3 Å². The SMILES string of the molecule is CN(CC1CCCCC1)S(=O)(=O)c1cc(CCl)ccc1Br. The van der Waals surface area contributed by atoms with Crippen molar-refractivity contribution in [2.24, 2.45) is 5.92 Å². The van der Waals surface area contributed by atoms with Crippen molar-refractivity contribution in [3.05, 3.63) is 28.2 Å². The van der Waals surface area contributed by atoms with Crippen LogP contribution in [0.5, 0.6) is 0 Å². The third-order valence-corrected chi connectivity index (χ3v) is 7.20. The fraction of sp³-hybridized carbons (Fsp3) is 0.600. The quantitative estimate of drug-likeness (QED) is 0.695. The summed E-state index contributed by atoms with van der Waals surface area (Å²) in [5.74, 6) is 0.788. The molecule has 1 aliphatic rings. The molecule has 1 aromatic carbocycles. The molecule has 2 rings (SSSR count). The van der Waals surface area contributed by atoms with E-state index in [1.54, 1.807) is 19.2 Å². The second kappa shape index (κ2) is 7.44. The van der Waals surface area contributed by atoms with E-state index in [2.05, 4.69) is 15.9 Å². The molecule has 1 saturated carbocycles. The lowest BCUT2D eigenvalue weighted by atomic mass is 9.89. The highest BCUT2D eigenvalue weighted by molar-refractivity contribution is 9.10. The smallest absolute Gasteiger partial charge is 0.207 e. The minimum Gasteiger partial charge on any atom is -0.207 e. The summed E-state index contributed by atoms with van der Waals surface area (Å²) in [4.78, 5) is 0.305. The molecule has 0 spiro atoms. The van der Waals surface area contributed by atoms with Crippen LogP contribution in [0.15, 0.2) is 27.6 Å². The first-order valence-corrected chi connectivity index (χ1v) is 10.0. The lowest BCUT2D eigenvalue weighted by molar-refractivity contribution is 0.300. The topological polar surface area (TPSA) is 37.4 Å². The van der Waals surface area contributed by atoms with Gasteiger partial charge in [0, 0.05) is 23.9 Å². The maximum atomic E-state index is 12.7. The number of benzene rings is 1. The predicted octanol–water partition coefficient (Wildman–Crippen LogP) is 4.39. The Morgan fingerprint density at radius 3 is 2.57 bits per heavy atom. The Kier molecular flexibility index (Phi) is 6.12. The van der Waals surface area contributed by atoms with Gasteiger partial charge in [-0.1, -0.05) is 25.3 Å². The van der Waals surface area contributed by atoms with Crippen molar-refractivity contribution in [1.82, 2.24) is 4.31 Å². The molecule has 0 aliphatic heterocycles. The van der Waals surface area contributed by atoms with E-state index in [1.807, 2.05) is 6.07 Å². The van der Waals surface area contributed by atoms with Gasteiger partial charge in [0.2, 0.25) is 10.0 Å². The van der Waals surface area contributed by atoms with Gasteiger partial charge in [0.15, 0.2) is 0 Å². The lowest BCUT2D eigenvalue weighted by Crippen LogP contribution is -2.33. The first-order valence-electron chi connectivity index (χ1n) is 7.26. The average molecular weight is 395 g/mol. The number of sulfonamides is 1. The molecule has 0 bridgehead atoms. The van der Waals surface area contributed by atoms with Gasteiger partial charge in [0.1, 0.15) is 0 Å². The van der Waals surface area contributed by atoms with Crippen molar-refractivity contribution in [3.63, 3.8) is 0 Å². The molecule has 1 fully saturated rings. The summed E-state index contributed by atoms with van der Waals surface area (Å²) < 4.78 is 27.6. The Morgan fingerprint density at radius 2 is 1.95 bits per heavy atom. The van der Waals surface area contributed by atoms with Gasteiger partial charge in [-0.15, -0.1) is 11.6 Å². The number of hydrogen-bond donors (Lipinski definition) is 0. The van der Waals surface area contributed by atoms with Gasteiger partial charge in [-0.05, 0) is 52.4 Å². The molecule has 0 amide bonds. The molecule has 0 atom stereocenters. The Labute approximate surface area is 140 Å². The number of rotatable bonds is 5. The van der Waals surface area contributed by atoms with E-state index >= 15 is 0 Å². The molecule has 1 aliphatic carbocycles. The summed E-state index contributed by atoms with van der Waals surface area (Å²) in [6.45, 7) is 0.597. The zero-order valence-electron chi connectivity index (χ0n) is 12.2. The number of nitrogens with zero attached hydrogens (tertiary/aromatic N) is 1. The second-order valence-corrected chi connectivity index (χ2v) is 8.82. The van der Waals surface area contributed by atoms with Crippen LogP contribution in [0.3, 0.4) is 0 Å². The maximum absolute atomic E-state index is 12.7. The van der Waals surface area contributed by atoms with Crippen molar-refractivity contribution >= 4 is 37.6 Å². The molecular weight excluding hydrogens is 374 g/mol. The normalized spacial score (nSPS) is 17.3. The lowest BCUT2D eigenvalue weighted by Gasteiger charge is -2.27. The molecule has 0 unspecified atom stereocenters. The van der Waals surface area contributed by atoms with Crippen molar-refractivity contribution in [3.8, 4) is 0 Å². The van der Waals surface area contributed by atoms with Gasteiger partial charge in [0.05, 0.1) is 4.90 Å². The fourth-order valence-electron chi connectivity index (χ4n) is 2.83. The Bertz CT molecular complexity index is 585. The summed E-state index contributed by atoms with van der Waals surface area (Å²) in [5.41, 5.74) is 0.810. The van der Waals surface area contributed by atoms with Crippen LogP contribution in [-0.2, 0) is 15.9 Å². The number of alkyl halides is 1. The highest BCUT2D eigenvalue weighted by Crippen LogP contribution is 2.29. The first kappa shape index (κ1) is 17.3. The summed E-state index contributed by atoms with van der Waals surface area (Å²) in [6, 6.07) is 5.24. The summed E-state index contributed by atoms with van der Waals surface area (Å²) in [6.07, 6.45) is 5.95. The van der Waals surface area contributed by atoms with E-state index < -0.39 is 10.0 Å². The summed E-state index contributed by atoms with van der Waals surface area (Å²) in [5, 5.41) is 0. The van der Waals surface area contributed by atoms with Gasteiger partial charge < -0.3 is 0 Å². The minimum absolute atomic E-state index is 0.305. The van der Waals surface area contributed by atoms with Crippen LogP contribution >= 0.6 is 27.5 Å². The average Bonchev–Trinajstić information content (AvgIpc) is 2.48. The zero-order valence-corrected chi connectivity index (χ0v) is 15.3. The molecule has 21 heavy (non-hydrogen) atoms. The number of hydrogen-bond acceptors (Lipinski definition) is 2. The molecule has 3 nitrogen and oxygen atoms in total. The third-order valence-electron chi connectivity index (χ3n) is 4.08. The van der Waals surface area contributed by atoms with E-state index in [9.17, 15) is 8.42 Å². The van der Waals surface area contributed by atoms with Crippen LogP contribution in [0.2, 0.25) is 0 Å². The Morgan fingerprint density at radius 1 is 1.29 bits per heavy atom. The van der Waals surface area contributed by atoms with Crippen LogP contribution in [0.25, 0.3) is 0 Å². The van der Waals surface area contributed by atoms with E-state index in [4.69, 9.17) is 11.6 Å². The van der Waals surface area contributed by atoms with Crippen molar-refractivity contribution in [1.29, 1.82) is 0 Å². The molecule has 0 saturated heterocycles. The van der Waals surface area contributed by atoms with E-state index in [-0.39, 0.29) is 0 Å². The maximum Gasteiger partial charge on any atom is 0.243 e. The van der Waals surface area contributed by atoms with Gasteiger partial charge in [-0.25, -0.2) is 12.7 Å². The third kappa shape index (κ3) is 4.21. The zero-order chi connectivity index (χ0) is 15.5. The van der Waals surface area contributed by atoms with Gasteiger partial charge in [0.25, 0.3) is 0 Å². The van der Waals surface area contributed by atoms with Gasteiger partial charge in [-0.2, -0.15) is 0 Å². The van der Waals surface area contributed by atoms with Crippen LogP contribution in [0, 0.1) is 5.92 Å². The molecule has 118 valence electrons. The molecule has 0 radical (unpaired) electrons. The van der Waals surface area contributed by atoms with E-state index in [0.717, 1.165) is 18.4 Å². The fourth-order valence-corrected chi connectivity index (χ4v) is 5.21. The standard InChI is InChI=1S/C15H21BrClNO2S/c1-18(11-12-5-3-2-4-6-12)21(19,20)15-9-13(10-17)7-8-14(15)16/h7-9,12H,2-6,10-11H2,1H3. The highest BCUT2D eigenvalue weighted by Gasteiger charge is 2.26. The molecule has 1 aromatic rings. The second-order valence-electron chi connectivity index (χ2n) is 5.69. The van der Waals surface area contributed by atoms with Crippen molar-refractivity contribution < 1.29 is 8.42 Å². The Hall–Kier alpha value is -0.100. The van der Waals surface area contributed by atoms with Gasteiger partial charge in [-0.3, -0.25) is 0 Å². The van der Waals surface area contributed by atoms with E-state index in [1.165, 1.54) is 23.6 Å². The largest absolute Gasteiger partial charge is 0.243 e. The predicted molar refractivity (Wildman–Crippen MR) is 90.1 cm³/mol. The van der Waals surface area contributed by atoms with E-state index in [0.29, 0.717) is 27.7 Å². The summed E-state index contributed by atoms with van der Waals surface area (Å²) in [7, 11) is -1.80. The molecular formula is C15H21BrClNO2S. The van der Waals surface area contributed by atoms with Crippen LogP contribution in [0.1, 0.15) is 37.7 Å². The van der Waals surface area contributed by atoms with Crippen LogP contribution < -0.4 is 0 Å². The number of halogens is 2. The first-order chi connectivity index (χ1) is 9.95. The highest BCUT2D eigenvalue weighted by atomic mass is 79.9. The van der Waals surface area contributed by atoms with Gasteiger partial charge >= 0.3 is 0 Å². The van der Waals surface area contributed by atoms with Crippen molar-refractivity contribution in [2.45, 2.75) is 42.9 Å². The molecule has 0 aromatic heterocycles. The van der Waals surface area contributed by atoms with Crippen molar-refractivity contribution in [2.75, 3.05) is 13.6 Å². The molecule has 0 heterocycles. The minimum atomic E-state index is -3.47. The summed E-state index contributed by atoms with van der Waals surface area (Å²) >= 11 is 9.15.